The van der Waals surface area contributed by atoms with Crippen molar-refractivity contribution in [3.8, 4) is 11.5 Å². The van der Waals surface area contributed by atoms with Crippen LogP contribution in [0.5, 0.6) is 11.5 Å². The lowest BCUT2D eigenvalue weighted by Gasteiger charge is -2.62. The number of unbranched alkanes of at least 4 members (excludes halogenated alkanes) is 3. The van der Waals surface area contributed by atoms with Crippen LogP contribution in [0.3, 0.4) is 0 Å². The summed E-state index contributed by atoms with van der Waals surface area (Å²) in [6.07, 6.45) is 9.03. The second-order valence-corrected chi connectivity index (χ2v) is 13.2. The number of aliphatic imine (C=N–C) groups is 1. The molecule has 1 saturated carbocycles. The van der Waals surface area contributed by atoms with Crippen LogP contribution in [-0.2, 0) is 18.3 Å². The molecule has 3 heterocycles. The van der Waals surface area contributed by atoms with Crippen molar-refractivity contribution in [2.45, 2.75) is 87.9 Å². The molecule has 1 unspecified atom stereocenters. The van der Waals surface area contributed by atoms with Crippen LogP contribution in [0.4, 0.5) is 5.69 Å². The number of nitrogens with one attached hydrogen (secondary N) is 2. The van der Waals surface area contributed by atoms with Gasteiger partial charge < -0.3 is 31.0 Å². The molecule has 8 rings (SSSR count). The number of nitrogens with two attached hydrogens (primary N) is 1. The van der Waals surface area contributed by atoms with Gasteiger partial charge >= 0.3 is 0 Å². The number of phenols is 1. The number of anilines is 1. The number of ether oxygens (including phenoxy) is 1. The number of rotatable bonds is 8. The zero-order chi connectivity index (χ0) is 27.9. The number of nitrogens with zero attached hydrogens (tertiary/aromatic N) is 2. The number of hydrogen-bond acceptors (Lipinski definition) is 5. The monoisotopic (exact) mass is 555 g/mol. The van der Waals surface area contributed by atoms with Crippen LogP contribution in [0.1, 0.15) is 80.4 Å². The fourth-order valence-electron chi connectivity index (χ4n) is 8.63. The van der Waals surface area contributed by atoms with E-state index in [1.807, 2.05) is 6.07 Å². The van der Waals surface area contributed by atoms with Gasteiger partial charge in [-0.1, -0.05) is 38.3 Å². The lowest BCUT2D eigenvalue weighted by Crippen LogP contribution is -2.74. The molecule has 3 aliphatic carbocycles. The topological polar surface area (TPSA) is 119 Å². The lowest BCUT2D eigenvalue weighted by atomic mass is 9.49. The molecule has 1 aromatic heterocycles. The molecule has 2 aliphatic heterocycles. The quantitative estimate of drug-likeness (QED) is 0.154. The average Bonchev–Trinajstić information content (AvgIpc) is 3.59. The summed E-state index contributed by atoms with van der Waals surface area (Å²) in [6, 6.07) is 10.1. The SMILES string of the molecule is CCCCCCN=C(N)Nc1ccc2c3c([nH]c2c1)[C@@H]1Oc2c(O)ccc4c2[C@@]12CCN(CC1CC1)C(C4)[C@]2(O)C3. The summed E-state index contributed by atoms with van der Waals surface area (Å²) in [5.74, 6) is 1.92. The van der Waals surface area contributed by atoms with E-state index in [0.717, 1.165) is 78.2 Å². The average molecular weight is 556 g/mol. The first-order chi connectivity index (χ1) is 19.9. The number of H-pyrrole nitrogens is 1. The Morgan fingerprint density at radius 1 is 1.22 bits per heavy atom. The highest BCUT2D eigenvalue weighted by atomic mass is 16.5. The molecule has 1 saturated heterocycles. The van der Waals surface area contributed by atoms with Crippen molar-refractivity contribution in [3.05, 3.63) is 52.7 Å². The minimum Gasteiger partial charge on any atom is -0.504 e. The first-order valence-electron chi connectivity index (χ1n) is 15.6. The van der Waals surface area contributed by atoms with Gasteiger partial charge in [0.15, 0.2) is 23.6 Å². The fraction of sp³-hybridized carbons (Fsp3) is 0.545. The number of aromatic hydroxyl groups is 1. The summed E-state index contributed by atoms with van der Waals surface area (Å²) in [4.78, 5) is 10.8. The molecule has 2 fully saturated rings. The van der Waals surface area contributed by atoms with Crippen LogP contribution in [-0.4, -0.2) is 57.3 Å². The maximum absolute atomic E-state index is 13.0. The number of aliphatic hydroxyl groups is 1. The number of piperidine rings is 1. The van der Waals surface area contributed by atoms with E-state index in [2.05, 4.69) is 45.3 Å². The van der Waals surface area contributed by atoms with Crippen LogP contribution >= 0.6 is 0 Å². The van der Waals surface area contributed by atoms with E-state index in [4.69, 9.17) is 10.5 Å². The standard InChI is InChI=1S/C33H41N5O3/c1-2-3-4-5-13-35-31(34)36-21-9-10-22-23-17-33(40)26-15-20-8-11-25(39)29-27(20)32(33,12-14-38(26)18-19-6-7-19)30(41-29)28(23)37-24(22)16-21/h8-11,16,19,26,30,37,39-40H,2-7,12-15,17-18H2,1H3,(H3,34,35,36)/t26?,30-,32-,33+/m0/s1. The summed E-state index contributed by atoms with van der Waals surface area (Å²) in [5, 5.41) is 28.3. The highest BCUT2D eigenvalue weighted by Crippen LogP contribution is 2.69. The van der Waals surface area contributed by atoms with Crippen molar-refractivity contribution in [2.75, 3.05) is 25.0 Å². The van der Waals surface area contributed by atoms with E-state index in [0.29, 0.717) is 18.1 Å². The third-order valence-electron chi connectivity index (χ3n) is 10.7. The molecule has 8 heteroatoms. The zero-order valence-corrected chi connectivity index (χ0v) is 23.9. The highest BCUT2D eigenvalue weighted by molar-refractivity contribution is 5.96. The number of likely N-dealkylation sites (tertiary alicyclic amines) is 1. The Morgan fingerprint density at radius 2 is 2.10 bits per heavy atom. The van der Waals surface area contributed by atoms with Gasteiger partial charge in [0.05, 0.1) is 16.7 Å². The summed E-state index contributed by atoms with van der Waals surface area (Å²) in [6.45, 7) is 4.94. The summed E-state index contributed by atoms with van der Waals surface area (Å²) >= 11 is 0. The Bertz CT molecular complexity index is 1560. The van der Waals surface area contributed by atoms with E-state index in [9.17, 15) is 10.2 Å². The molecule has 6 N–H and O–H groups in total. The Morgan fingerprint density at radius 3 is 2.93 bits per heavy atom. The molecule has 2 bridgehead atoms. The molecule has 2 aromatic carbocycles. The van der Waals surface area contributed by atoms with Gasteiger partial charge in [-0.25, -0.2) is 0 Å². The number of aromatic nitrogens is 1. The minimum atomic E-state index is -0.981. The first kappa shape index (κ1) is 25.5. The third-order valence-corrected chi connectivity index (χ3v) is 10.7. The van der Waals surface area contributed by atoms with E-state index >= 15 is 0 Å². The number of guanidine groups is 1. The van der Waals surface area contributed by atoms with Crippen LogP contribution in [0.25, 0.3) is 10.9 Å². The van der Waals surface area contributed by atoms with Crippen molar-refractivity contribution in [3.63, 3.8) is 0 Å². The second kappa shape index (κ2) is 9.13. The molecule has 41 heavy (non-hydrogen) atoms. The Balaban J connectivity index is 1.18. The molecule has 1 spiro atoms. The van der Waals surface area contributed by atoms with Crippen LogP contribution in [0, 0.1) is 5.92 Å². The minimum absolute atomic E-state index is 0.0262. The molecule has 8 nitrogen and oxygen atoms in total. The second-order valence-electron chi connectivity index (χ2n) is 13.2. The first-order valence-corrected chi connectivity index (χ1v) is 15.6. The van der Waals surface area contributed by atoms with Crippen molar-refractivity contribution in [1.29, 1.82) is 0 Å². The van der Waals surface area contributed by atoms with Crippen molar-refractivity contribution in [1.82, 2.24) is 9.88 Å². The fourth-order valence-corrected chi connectivity index (χ4v) is 8.63. The Kier molecular flexibility index (Phi) is 5.68. The van der Waals surface area contributed by atoms with Crippen LogP contribution < -0.4 is 15.8 Å². The smallest absolute Gasteiger partial charge is 0.193 e. The Labute approximate surface area is 241 Å². The molecule has 5 aliphatic rings. The summed E-state index contributed by atoms with van der Waals surface area (Å²) in [7, 11) is 0. The van der Waals surface area contributed by atoms with Crippen molar-refractivity contribution < 1.29 is 14.9 Å². The maximum Gasteiger partial charge on any atom is 0.193 e. The van der Waals surface area contributed by atoms with Gasteiger partial charge in [0.2, 0.25) is 0 Å². The summed E-state index contributed by atoms with van der Waals surface area (Å²) in [5.41, 5.74) is 10.9. The largest absolute Gasteiger partial charge is 0.504 e. The molecule has 0 radical (unpaired) electrons. The van der Waals surface area contributed by atoms with Crippen molar-refractivity contribution >= 4 is 22.5 Å². The van der Waals surface area contributed by atoms with Gasteiger partial charge in [-0.3, -0.25) is 9.89 Å². The molecular weight excluding hydrogens is 514 g/mol. The number of fused-ring (bicyclic) bond motifs is 4. The molecule has 3 aromatic rings. The highest BCUT2D eigenvalue weighted by Gasteiger charge is 2.72. The van der Waals surface area contributed by atoms with Crippen molar-refractivity contribution in [2.24, 2.45) is 16.6 Å². The van der Waals surface area contributed by atoms with E-state index < -0.39 is 11.0 Å². The number of aromatic amines is 1. The van der Waals surface area contributed by atoms with Crippen LogP contribution in [0.15, 0.2) is 35.3 Å². The van der Waals surface area contributed by atoms with Gasteiger partial charge in [0, 0.05) is 47.7 Å². The van der Waals surface area contributed by atoms with E-state index in [1.54, 1.807) is 6.07 Å². The van der Waals surface area contributed by atoms with E-state index in [1.165, 1.54) is 37.7 Å². The summed E-state index contributed by atoms with van der Waals surface area (Å²) < 4.78 is 6.71. The number of phenolic OH excluding ortho intramolecular Hbond substituents is 1. The lowest BCUT2D eigenvalue weighted by molar-refractivity contribution is -0.173. The van der Waals surface area contributed by atoms with Gasteiger partial charge in [0.1, 0.15) is 0 Å². The van der Waals surface area contributed by atoms with E-state index in [-0.39, 0.29) is 17.9 Å². The van der Waals surface area contributed by atoms with Crippen LogP contribution in [0.2, 0.25) is 0 Å². The van der Waals surface area contributed by atoms with Gasteiger partial charge in [-0.05, 0) is 73.9 Å². The number of hydrogen-bond donors (Lipinski definition) is 5. The molecule has 216 valence electrons. The molecule has 4 atom stereocenters. The van der Waals surface area contributed by atoms with Gasteiger partial charge in [-0.2, -0.15) is 0 Å². The zero-order valence-electron chi connectivity index (χ0n) is 23.9. The maximum atomic E-state index is 13.0. The Hall–Kier alpha value is -3.23. The molecule has 0 amide bonds. The molecular formula is C33H41N5O3. The predicted molar refractivity (Wildman–Crippen MR) is 161 cm³/mol. The number of benzene rings is 2. The van der Waals surface area contributed by atoms with Gasteiger partial charge in [-0.15, -0.1) is 0 Å². The van der Waals surface area contributed by atoms with Gasteiger partial charge in [0.25, 0.3) is 0 Å². The predicted octanol–water partition coefficient (Wildman–Crippen LogP) is 4.88. The normalized spacial score (nSPS) is 29.8. The third kappa shape index (κ3) is 3.62.